The zero-order chi connectivity index (χ0) is 19.3. The minimum Gasteiger partial charge on any atom is -0.772 e. The Morgan fingerprint density at radius 2 is 1.96 bits per heavy atom. The molecule has 0 aliphatic heterocycles. The molecule has 2 atom stereocenters. The Morgan fingerprint density at radius 3 is 2.54 bits per heavy atom. The van der Waals surface area contributed by atoms with Crippen molar-refractivity contribution in [1.29, 1.82) is 0 Å². The van der Waals surface area contributed by atoms with Crippen molar-refractivity contribution in [3.05, 3.63) is 34.9 Å². The van der Waals surface area contributed by atoms with Gasteiger partial charge in [-0.15, -0.1) is 0 Å². The van der Waals surface area contributed by atoms with Crippen molar-refractivity contribution in [3.63, 3.8) is 0 Å². The second kappa shape index (κ2) is 8.99. The summed E-state index contributed by atoms with van der Waals surface area (Å²) in [6.07, 6.45) is 0.179. The number of rotatable bonds is 6. The maximum Gasteiger partial charge on any atom is 0.416 e. The van der Waals surface area contributed by atoms with Gasteiger partial charge < -0.3 is 9.29 Å². The van der Waals surface area contributed by atoms with Gasteiger partial charge in [0, 0.05) is 5.75 Å². The van der Waals surface area contributed by atoms with Gasteiger partial charge in [-0.25, -0.2) is 0 Å². The van der Waals surface area contributed by atoms with E-state index in [0.29, 0.717) is 5.56 Å². The summed E-state index contributed by atoms with van der Waals surface area (Å²) in [6, 6.07) is 3.52. The Morgan fingerprint density at radius 1 is 1.31 bits per heavy atom. The molecule has 0 radical (unpaired) electrons. The van der Waals surface area contributed by atoms with Crippen LogP contribution in [0, 0.1) is 5.92 Å². The molecule has 2 unspecified atom stereocenters. The monoisotopic (exact) mass is 391 g/mol. The number of carbonyl (C=O) groups excluding carboxylic acids is 1. The summed E-state index contributed by atoms with van der Waals surface area (Å²) < 4.78 is 66.6. The number of benzene rings is 1. The fourth-order valence-electron chi connectivity index (χ4n) is 3.17. The molecule has 0 aromatic heterocycles. The van der Waals surface area contributed by atoms with E-state index in [4.69, 9.17) is 4.74 Å². The number of halogens is 3. The number of hydrogen-bond acceptors (Lipinski definition) is 4. The number of ether oxygens (including phenoxy) is 1. The Bertz CT molecular complexity index is 654. The fourth-order valence-corrected chi connectivity index (χ4v) is 3.67. The van der Waals surface area contributed by atoms with E-state index in [1.54, 1.807) is 6.92 Å². The summed E-state index contributed by atoms with van der Waals surface area (Å²) in [7, 11) is 0. The Hall–Kier alpha value is -1.41. The Labute approximate surface area is 153 Å². The zero-order valence-corrected chi connectivity index (χ0v) is 15.3. The van der Waals surface area contributed by atoms with Crippen LogP contribution in [-0.4, -0.2) is 20.8 Å². The molecule has 0 saturated heterocycles. The average molecular weight is 391 g/mol. The van der Waals surface area contributed by atoms with Gasteiger partial charge in [-0.1, -0.05) is 36.6 Å². The van der Waals surface area contributed by atoms with Crippen LogP contribution in [0.15, 0.2) is 18.2 Å². The van der Waals surface area contributed by atoms with Gasteiger partial charge in [0.15, 0.2) is 0 Å². The lowest BCUT2D eigenvalue weighted by Gasteiger charge is -2.23. The van der Waals surface area contributed by atoms with Crippen molar-refractivity contribution >= 4 is 17.0 Å². The number of carbonyl (C=O) groups is 1. The molecule has 0 heterocycles. The van der Waals surface area contributed by atoms with E-state index >= 15 is 0 Å². The second-order valence-corrected chi connectivity index (χ2v) is 7.64. The first-order valence-corrected chi connectivity index (χ1v) is 9.86. The van der Waals surface area contributed by atoms with Gasteiger partial charge in [0.05, 0.1) is 11.5 Å². The van der Waals surface area contributed by atoms with E-state index in [-0.39, 0.29) is 18.1 Å². The molecule has 146 valence electrons. The summed E-state index contributed by atoms with van der Waals surface area (Å²) in [5.41, 5.74) is -0.954. The lowest BCUT2D eigenvalue weighted by atomic mass is 9.96. The third-order valence-corrected chi connectivity index (χ3v) is 5.08. The molecule has 26 heavy (non-hydrogen) atoms. The zero-order valence-electron chi connectivity index (χ0n) is 14.5. The van der Waals surface area contributed by atoms with Crippen LogP contribution in [0.2, 0.25) is 0 Å². The minimum absolute atomic E-state index is 0.0983. The highest BCUT2D eigenvalue weighted by atomic mass is 32.2. The smallest absolute Gasteiger partial charge is 0.416 e. The summed E-state index contributed by atoms with van der Waals surface area (Å²) in [6.45, 7) is 1.62. The SMILES string of the molecule is CC(Cc1ccc(CS(=O)[O-])c(C(F)(F)F)c1)C(=O)OC1CCCCC1. The molecule has 1 saturated carbocycles. The lowest BCUT2D eigenvalue weighted by Crippen LogP contribution is -2.25. The predicted molar refractivity (Wildman–Crippen MR) is 89.9 cm³/mol. The number of esters is 1. The van der Waals surface area contributed by atoms with Crippen molar-refractivity contribution in [2.75, 3.05) is 0 Å². The molecular weight excluding hydrogens is 369 g/mol. The van der Waals surface area contributed by atoms with E-state index in [0.717, 1.165) is 44.2 Å². The van der Waals surface area contributed by atoms with Crippen LogP contribution in [0.25, 0.3) is 0 Å². The summed E-state index contributed by atoms with van der Waals surface area (Å²) >= 11 is -2.61. The standard InChI is InChI=1S/C18H23F3O4S/c1-12(17(22)25-15-5-3-2-4-6-15)9-13-7-8-14(11-26(23)24)16(10-13)18(19,20)21/h7-8,10,12,15H,2-6,9,11H2,1H3,(H,23,24)/p-1. The van der Waals surface area contributed by atoms with Gasteiger partial charge >= 0.3 is 12.1 Å². The summed E-state index contributed by atoms with van der Waals surface area (Å²) in [5, 5.41) is 0. The molecule has 4 nitrogen and oxygen atoms in total. The third-order valence-electron chi connectivity index (χ3n) is 4.53. The summed E-state index contributed by atoms with van der Waals surface area (Å²) in [4.78, 5) is 12.2. The first-order chi connectivity index (χ1) is 12.2. The van der Waals surface area contributed by atoms with Crippen LogP contribution in [-0.2, 0) is 39.0 Å². The lowest BCUT2D eigenvalue weighted by molar-refractivity contribution is -0.154. The molecule has 1 aliphatic rings. The van der Waals surface area contributed by atoms with E-state index in [9.17, 15) is 26.7 Å². The first kappa shape index (κ1) is 20.9. The topological polar surface area (TPSA) is 66.4 Å². The highest BCUT2D eigenvalue weighted by Gasteiger charge is 2.33. The van der Waals surface area contributed by atoms with Gasteiger partial charge in [-0.3, -0.25) is 9.00 Å². The molecule has 1 aromatic carbocycles. The van der Waals surface area contributed by atoms with Gasteiger partial charge in [-0.05, 0) is 49.3 Å². The maximum atomic E-state index is 13.2. The molecule has 8 heteroatoms. The van der Waals surface area contributed by atoms with E-state index in [2.05, 4.69) is 0 Å². The largest absolute Gasteiger partial charge is 0.772 e. The molecule has 0 N–H and O–H groups in total. The normalized spacial score (nSPS) is 18.3. The van der Waals surface area contributed by atoms with Crippen molar-refractivity contribution in [1.82, 2.24) is 0 Å². The maximum absolute atomic E-state index is 13.2. The molecule has 0 bridgehead atoms. The van der Waals surface area contributed by atoms with Crippen LogP contribution in [0.1, 0.15) is 55.7 Å². The van der Waals surface area contributed by atoms with Gasteiger partial charge in [0.1, 0.15) is 6.10 Å². The van der Waals surface area contributed by atoms with E-state index in [1.807, 2.05) is 0 Å². The molecular formula is C18H22F3O4S-. The van der Waals surface area contributed by atoms with Crippen LogP contribution in [0.5, 0.6) is 0 Å². The highest BCUT2D eigenvalue weighted by Crippen LogP contribution is 2.34. The van der Waals surface area contributed by atoms with Crippen molar-refractivity contribution in [3.8, 4) is 0 Å². The molecule has 0 spiro atoms. The second-order valence-electron chi connectivity index (χ2n) is 6.74. The number of hydrogen-bond donors (Lipinski definition) is 0. The third kappa shape index (κ3) is 6.09. The van der Waals surface area contributed by atoms with Crippen LogP contribution < -0.4 is 0 Å². The van der Waals surface area contributed by atoms with Gasteiger partial charge in [0.2, 0.25) is 0 Å². The minimum atomic E-state index is -4.66. The van der Waals surface area contributed by atoms with Gasteiger partial charge in [0.25, 0.3) is 0 Å². The molecule has 2 rings (SSSR count). The quantitative estimate of drug-likeness (QED) is 0.540. The Kier molecular flexibility index (Phi) is 7.23. The van der Waals surface area contributed by atoms with Gasteiger partial charge in [-0.2, -0.15) is 13.2 Å². The molecule has 1 aromatic rings. The van der Waals surface area contributed by atoms with Crippen molar-refractivity contribution in [2.24, 2.45) is 5.92 Å². The number of alkyl halides is 3. The average Bonchev–Trinajstić information content (AvgIpc) is 2.55. The first-order valence-electron chi connectivity index (χ1n) is 8.62. The summed E-state index contributed by atoms with van der Waals surface area (Å²) in [5.74, 6) is -1.68. The molecule has 1 fully saturated rings. The van der Waals surface area contributed by atoms with Crippen molar-refractivity contribution in [2.45, 2.75) is 63.5 Å². The predicted octanol–water partition coefficient (Wildman–Crippen LogP) is 4.14. The molecule has 1 aliphatic carbocycles. The molecule has 0 amide bonds. The van der Waals surface area contributed by atoms with Crippen LogP contribution >= 0.6 is 0 Å². The van der Waals surface area contributed by atoms with E-state index in [1.165, 1.54) is 6.07 Å². The van der Waals surface area contributed by atoms with Crippen LogP contribution in [0.3, 0.4) is 0 Å². The van der Waals surface area contributed by atoms with E-state index < -0.39 is 40.5 Å². The highest BCUT2D eigenvalue weighted by molar-refractivity contribution is 7.78. The van der Waals surface area contributed by atoms with Crippen molar-refractivity contribution < 1.29 is 31.5 Å². The van der Waals surface area contributed by atoms with Crippen LogP contribution in [0.4, 0.5) is 13.2 Å². The fraction of sp³-hybridized carbons (Fsp3) is 0.611. The Balaban J connectivity index is 2.07.